The van der Waals surface area contributed by atoms with Crippen LogP contribution in [0.4, 0.5) is 0 Å². The predicted octanol–water partition coefficient (Wildman–Crippen LogP) is 2.94. The minimum atomic E-state index is -0.391. The highest BCUT2D eigenvalue weighted by molar-refractivity contribution is 5.97. The van der Waals surface area contributed by atoms with Crippen molar-refractivity contribution in [2.75, 3.05) is 13.6 Å². The molecule has 3 N–H and O–H groups in total. The van der Waals surface area contributed by atoms with Crippen molar-refractivity contribution >= 4 is 16.8 Å². The number of fused-ring (bicyclic) bond motifs is 1. The van der Waals surface area contributed by atoms with Crippen molar-refractivity contribution < 1.29 is 4.79 Å². The first-order valence-electron chi connectivity index (χ1n) is 7.76. The van der Waals surface area contributed by atoms with Crippen molar-refractivity contribution in [2.45, 2.75) is 13.0 Å². The number of amides is 1. The maximum atomic E-state index is 11.2. The molecule has 0 aliphatic heterocycles. The molecular formula is C19H21N3O. The summed E-state index contributed by atoms with van der Waals surface area (Å²) >= 11 is 0. The minimum absolute atomic E-state index is 0.391. The molecule has 118 valence electrons. The molecule has 23 heavy (non-hydrogen) atoms. The Morgan fingerprint density at radius 2 is 1.91 bits per heavy atom. The molecule has 0 atom stereocenters. The molecule has 0 saturated carbocycles. The van der Waals surface area contributed by atoms with E-state index in [9.17, 15) is 4.79 Å². The molecule has 0 radical (unpaired) electrons. The summed E-state index contributed by atoms with van der Waals surface area (Å²) in [6.45, 7) is 1.90. The van der Waals surface area contributed by atoms with E-state index in [4.69, 9.17) is 5.73 Å². The molecule has 2 aromatic carbocycles. The van der Waals surface area contributed by atoms with E-state index in [1.807, 2.05) is 18.2 Å². The Labute approximate surface area is 135 Å². The monoisotopic (exact) mass is 307 g/mol. The van der Waals surface area contributed by atoms with E-state index in [1.54, 1.807) is 6.07 Å². The predicted molar refractivity (Wildman–Crippen MR) is 93.3 cm³/mol. The fraction of sp³-hybridized carbons (Fsp3) is 0.211. The number of nitrogens with zero attached hydrogens (tertiary/aromatic N) is 1. The molecule has 0 aliphatic carbocycles. The van der Waals surface area contributed by atoms with Gasteiger partial charge in [0, 0.05) is 41.7 Å². The molecule has 0 aliphatic rings. The van der Waals surface area contributed by atoms with Crippen molar-refractivity contribution in [3.8, 4) is 0 Å². The van der Waals surface area contributed by atoms with Crippen LogP contribution in [0, 0.1) is 0 Å². The van der Waals surface area contributed by atoms with Gasteiger partial charge in [0.05, 0.1) is 0 Å². The molecule has 0 spiro atoms. The fourth-order valence-electron chi connectivity index (χ4n) is 2.77. The third-order valence-corrected chi connectivity index (χ3v) is 4.02. The van der Waals surface area contributed by atoms with E-state index >= 15 is 0 Å². The molecule has 3 rings (SSSR count). The Morgan fingerprint density at radius 3 is 2.65 bits per heavy atom. The van der Waals surface area contributed by atoms with Crippen LogP contribution in [-0.2, 0) is 13.0 Å². The maximum absolute atomic E-state index is 11.2. The summed E-state index contributed by atoms with van der Waals surface area (Å²) in [6.07, 6.45) is 0.934. The van der Waals surface area contributed by atoms with Gasteiger partial charge in [-0.1, -0.05) is 30.3 Å². The van der Waals surface area contributed by atoms with Gasteiger partial charge in [-0.3, -0.25) is 4.79 Å². The van der Waals surface area contributed by atoms with Gasteiger partial charge in [0.2, 0.25) is 5.91 Å². The number of H-pyrrole nitrogens is 1. The average Bonchev–Trinajstić information content (AvgIpc) is 2.96. The number of carbonyl (C=O) groups is 1. The first-order valence-corrected chi connectivity index (χ1v) is 7.76. The van der Waals surface area contributed by atoms with Gasteiger partial charge in [-0.2, -0.15) is 0 Å². The molecule has 3 aromatic rings. The topological polar surface area (TPSA) is 62.1 Å². The van der Waals surface area contributed by atoms with Crippen LogP contribution in [-0.4, -0.2) is 29.4 Å². The van der Waals surface area contributed by atoms with E-state index in [1.165, 1.54) is 11.3 Å². The molecule has 4 nitrogen and oxygen atoms in total. The lowest BCUT2D eigenvalue weighted by Gasteiger charge is -2.16. The SMILES string of the molecule is CN(CCc1cc2cc(C(N)=O)ccc2[nH]1)Cc1ccccc1. The highest BCUT2D eigenvalue weighted by Crippen LogP contribution is 2.18. The molecule has 1 amide bonds. The molecule has 4 heteroatoms. The molecule has 0 bridgehead atoms. The second-order valence-corrected chi connectivity index (χ2v) is 5.93. The number of aromatic nitrogens is 1. The first-order chi connectivity index (χ1) is 11.1. The van der Waals surface area contributed by atoms with E-state index in [2.05, 4.69) is 47.3 Å². The second-order valence-electron chi connectivity index (χ2n) is 5.93. The van der Waals surface area contributed by atoms with Crippen molar-refractivity contribution in [3.05, 3.63) is 71.4 Å². The molecule has 1 heterocycles. The van der Waals surface area contributed by atoms with Gasteiger partial charge in [-0.05, 0) is 36.9 Å². The van der Waals surface area contributed by atoms with Crippen molar-refractivity contribution in [2.24, 2.45) is 5.73 Å². The lowest BCUT2D eigenvalue weighted by Crippen LogP contribution is -2.20. The summed E-state index contributed by atoms with van der Waals surface area (Å²) < 4.78 is 0. The third-order valence-electron chi connectivity index (χ3n) is 4.02. The number of aromatic amines is 1. The summed E-state index contributed by atoms with van der Waals surface area (Å²) in [4.78, 5) is 16.9. The summed E-state index contributed by atoms with van der Waals surface area (Å²) in [5.74, 6) is -0.391. The summed E-state index contributed by atoms with van der Waals surface area (Å²) in [6, 6.07) is 18.1. The number of hydrogen-bond donors (Lipinski definition) is 2. The Kier molecular flexibility index (Phi) is 4.44. The summed E-state index contributed by atoms with van der Waals surface area (Å²) in [5, 5.41) is 1.03. The summed E-state index contributed by atoms with van der Waals surface area (Å²) in [7, 11) is 2.13. The van der Waals surface area contributed by atoms with Crippen LogP contribution >= 0.6 is 0 Å². The van der Waals surface area contributed by atoms with Crippen LogP contribution in [0.2, 0.25) is 0 Å². The van der Waals surface area contributed by atoms with E-state index < -0.39 is 5.91 Å². The molecule has 0 fully saturated rings. The van der Waals surface area contributed by atoms with Gasteiger partial charge in [-0.15, -0.1) is 0 Å². The number of nitrogens with one attached hydrogen (secondary N) is 1. The number of nitrogens with two attached hydrogens (primary N) is 1. The Balaban J connectivity index is 1.63. The highest BCUT2D eigenvalue weighted by atomic mass is 16.1. The van der Waals surface area contributed by atoms with Crippen molar-refractivity contribution in [1.82, 2.24) is 9.88 Å². The first kappa shape index (κ1) is 15.3. The highest BCUT2D eigenvalue weighted by Gasteiger charge is 2.06. The van der Waals surface area contributed by atoms with E-state index in [-0.39, 0.29) is 0 Å². The van der Waals surface area contributed by atoms with Gasteiger partial charge in [0.1, 0.15) is 0 Å². The zero-order chi connectivity index (χ0) is 16.2. The van der Waals surface area contributed by atoms with Gasteiger partial charge in [-0.25, -0.2) is 0 Å². The molecule has 1 aromatic heterocycles. The third kappa shape index (κ3) is 3.79. The normalized spacial score (nSPS) is 11.2. The molecule has 0 saturated heterocycles. The fourth-order valence-corrected chi connectivity index (χ4v) is 2.77. The minimum Gasteiger partial charge on any atom is -0.366 e. The van der Waals surface area contributed by atoms with Gasteiger partial charge in [0.15, 0.2) is 0 Å². The quantitative estimate of drug-likeness (QED) is 0.735. The van der Waals surface area contributed by atoms with Crippen LogP contribution in [0.25, 0.3) is 10.9 Å². The van der Waals surface area contributed by atoms with Crippen LogP contribution in [0.15, 0.2) is 54.6 Å². The number of likely N-dealkylation sites (N-methyl/N-ethyl adjacent to an activating group) is 1. The van der Waals surface area contributed by atoms with Crippen LogP contribution in [0.1, 0.15) is 21.6 Å². The van der Waals surface area contributed by atoms with Crippen molar-refractivity contribution in [1.29, 1.82) is 0 Å². The van der Waals surface area contributed by atoms with E-state index in [0.717, 1.165) is 30.4 Å². The zero-order valence-electron chi connectivity index (χ0n) is 13.3. The molecular weight excluding hydrogens is 286 g/mol. The Morgan fingerprint density at radius 1 is 1.13 bits per heavy atom. The zero-order valence-corrected chi connectivity index (χ0v) is 13.3. The lowest BCUT2D eigenvalue weighted by atomic mass is 10.1. The number of benzene rings is 2. The van der Waals surface area contributed by atoms with Crippen LogP contribution in [0.3, 0.4) is 0 Å². The van der Waals surface area contributed by atoms with Crippen LogP contribution in [0.5, 0.6) is 0 Å². The summed E-state index contributed by atoms with van der Waals surface area (Å²) in [5.41, 5.74) is 9.40. The number of hydrogen-bond acceptors (Lipinski definition) is 2. The number of primary amides is 1. The van der Waals surface area contributed by atoms with Gasteiger partial charge in [0.25, 0.3) is 0 Å². The van der Waals surface area contributed by atoms with Crippen LogP contribution < -0.4 is 5.73 Å². The second kappa shape index (κ2) is 6.67. The Hall–Kier alpha value is -2.59. The van der Waals surface area contributed by atoms with Crippen molar-refractivity contribution in [3.63, 3.8) is 0 Å². The smallest absolute Gasteiger partial charge is 0.248 e. The lowest BCUT2D eigenvalue weighted by molar-refractivity contribution is 0.100. The van der Waals surface area contributed by atoms with Gasteiger partial charge < -0.3 is 15.6 Å². The Bertz CT molecular complexity index is 808. The molecule has 0 unspecified atom stereocenters. The standard InChI is InChI=1S/C19H21N3O/c1-22(13-14-5-3-2-4-6-14)10-9-17-12-16-11-15(19(20)23)7-8-18(16)21-17/h2-8,11-12,21H,9-10,13H2,1H3,(H2,20,23). The number of carbonyl (C=O) groups excluding carboxylic acids is 1. The largest absolute Gasteiger partial charge is 0.366 e. The average molecular weight is 307 g/mol. The van der Waals surface area contributed by atoms with Gasteiger partial charge >= 0.3 is 0 Å². The maximum Gasteiger partial charge on any atom is 0.248 e. The number of rotatable bonds is 6. The van der Waals surface area contributed by atoms with E-state index in [0.29, 0.717) is 5.56 Å².